The number of amides is 2. The summed E-state index contributed by atoms with van der Waals surface area (Å²) < 4.78 is 5.61. The fourth-order valence-corrected chi connectivity index (χ4v) is 5.39. The van der Waals surface area contributed by atoms with E-state index in [9.17, 15) is 19.5 Å². The van der Waals surface area contributed by atoms with Crippen LogP contribution < -0.4 is 5.32 Å². The number of nitrogens with one attached hydrogen (secondary N) is 1. The Labute approximate surface area is 198 Å². The van der Waals surface area contributed by atoms with E-state index in [0.29, 0.717) is 25.8 Å². The molecule has 2 N–H and O–H groups in total. The molecule has 176 valence electrons. The van der Waals surface area contributed by atoms with Gasteiger partial charge >= 0.3 is 12.1 Å². The summed E-state index contributed by atoms with van der Waals surface area (Å²) in [5, 5.41) is 12.1. The number of benzene rings is 2. The van der Waals surface area contributed by atoms with Crippen LogP contribution in [0.5, 0.6) is 0 Å². The zero-order valence-corrected chi connectivity index (χ0v) is 18.9. The zero-order chi connectivity index (χ0) is 23.7. The molecule has 34 heavy (non-hydrogen) atoms. The lowest BCUT2D eigenvalue weighted by Crippen LogP contribution is -2.45. The first-order chi connectivity index (χ1) is 16.5. The summed E-state index contributed by atoms with van der Waals surface area (Å²) in [5.41, 5.74) is 4.67. The van der Waals surface area contributed by atoms with Crippen molar-refractivity contribution in [3.8, 4) is 11.1 Å². The van der Waals surface area contributed by atoms with Crippen molar-refractivity contribution in [3.05, 3.63) is 71.8 Å². The van der Waals surface area contributed by atoms with Gasteiger partial charge in [0.15, 0.2) is 0 Å². The highest BCUT2D eigenvalue weighted by atomic mass is 16.5. The number of carbonyl (C=O) groups is 3. The van der Waals surface area contributed by atoms with Crippen LogP contribution >= 0.6 is 0 Å². The third-order valence-corrected chi connectivity index (χ3v) is 7.13. The van der Waals surface area contributed by atoms with Gasteiger partial charge < -0.3 is 20.1 Å². The molecule has 7 nitrogen and oxygen atoms in total. The molecule has 3 atom stereocenters. The number of rotatable bonds is 5. The average molecular weight is 461 g/mol. The summed E-state index contributed by atoms with van der Waals surface area (Å²) in [6.07, 6.45) is 4.88. The van der Waals surface area contributed by atoms with Crippen LogP contribution in [-0.2, 0) is 14.3 Å². The molecule has 7 heteroatoms. The van der Waals surface area contributed by atoms with Crippen molar-refractivity contribution in [1.29, 1.82) is 0 Å². The smallest absolute Gasteiger partial charge is 0.407 e. The summed E-state index contributed by atoms with van der Waals surface area (Å²) in [5.74, 6) is -1.79. The topological polar surface area (TPSA) is 95.9 Å². The molecule has 2 aromatic carbocycles. The molecule has 1 fully saturated rings. The van der Waals surface area contributed by atoms with Crippen LogP contribution in [0.4, 0.5) is 4.79 Å². The summed E-state index contributed by atoms with van der Waals surface area (Å²) in [4.78, 5) is 38.4. The van der Waals surface area contributed by atoms with E-state index in [0.717, 1.165) is 11.1 Å². The van der Waals surface area contributed by atoms with Gasteiger partial charge in [0, 0.05) is 19.0 Å². The number of hydrogen-bond acceptors (Lipinski definition) is 4. The molecule has 5 rings (SSSR count). The van der Waals surface area contributed by atoms with Crippen molar-refractivity contribution in [1.82, 2.24) is 10.2 Å². The number of nitrogens with zero attached hydrogens (tertiary/aromatic N) is 1. The molecule has 1 saturated heterocycles. The van der Waals surface area contributed by atoms with E-state index in [1.807, 2.05) is 30.3 Å². The minimum atomic E-state index is -0.853. The minimum absolute atomic E-state index is 0.00659. The molecule has 0 radical (unpaired) electrons. The molecule has 0 spiro atoms. The maximum absolute atomic E-state index is 12.9. The van der Waals surface area contributed by atoms with E-state index >= 15 is 0 Å². The molecule has 0 aromatic heterocycles. The number of carbonyl (C=O) groups excluding carboxylic acids is 2. The third kappa shape index (κ3) is 4.30. The number of piperidine rings is 1. The molecule has 0 saturated carbocycles. The van der Waals surface area contributed by atoms with Crippen LogP contribution in [-0.4, -0.2) is 53.7 Å². The second kappa shape index (κ2) is 9.33. The standard InChI is InChI=1S/C27H28N2O5/c30-25(29-13-5-6-18(15-29)26(31)32)17-11-12-19(14-17)28-27(33)34-16-24-22-9-3-1-7-20(22)21-8-2-4-10-23(21)24/h1-4,7-12,17-19,24H,5-6,13-16H2,(H,28,33)(H,31,32)/t17?,18-,19?/m1/s1. The molecular weight excluding hydrogens is 432 g/mol. The number of carboxylic acids is 1. The largest absolute Gasteiger partial charge is 0.481 e. The number of alkyl carbamates (subject to hydrolysis) is 1. The number of hydrogen-bond donors (Lipinski definition) is 2. The van der Waals surface area contributed by atoms with E-state index < -0.39 is 18.0 Å². The fraction of sp³-hybridized carbons (Fsp3) is 0.370. The SMILES string of the molecule is O=C(NC1C=CC(C(=O)N2CCC[C@@H](C(=O)O)C2)C1)OCC1c2ccccc2-c2ccccc21. The Morgan fingerprint density at radius 2 is 1.68 bits per heavy atom. The molecule has 1 heterocycles. The van der Waals surface area contributed by atoms with Gasteiger partial charge in [0.2, 0.25) is 5.91 Å². The van der Waals surface area contributed by atoms with Crippen molar-refractivity contribution < 1.29 is 24.2 Å². The predicted octanol–water partition coefficient (Wildman–Crippen LogP) is 3.79. The lowest BCUT2D eigenvalue weighted by Gasteiger charge is -2.32. The van der Waals surface area contributed by atoms with Gasteiger partial charge in [-0.25, -0.2) is 4.79 Å². The lowest BCUT2D eigenvalue weighted by atomic mass is 9.96. The summed E-state index contributed by atoms with van der Waals surface area (Å²) in [6, 6.07) is 16.1. The maximum atomic E-state index is 12.9. The zero-order valence-electron chi connectivity index (χ0n) is 18.9. The van der Waals surface area contributed by atoms with Crippen LogP contribution in [0.1, 0.15) is 36.3 Å². The number of aliphatic carboxylic acids is 1. The Bertz CT molecular complexity index is 1100. The quantitative estimate of drug-likeness (QED) is 0.662. The fourth-order valence-electron chi connectivity index (χ4n) is 5.39. The van der Waals surface area contributed by atoms with Gasteiger partial charge in [0.25, 0.3) is 0 Å². The van der Waals surface area contributed by atoms with Crippen LogP contribution in [0.25, 0.3) is 11.1 Å². The first-order valence-electron chi connectivity index (χ1n) is 11.8. The monoisotopic (exact) mass is 460 g/mol. The van der Waals surface area contributed by atoms with E-state index in [1.54, 1.807) is 11.0 Å². The number of likely N-dealkylation sites (tertiary alicyclic amines) is 1. The highest BCUT2D eigenvalue weighted by Gasteiger charge is 2.34. The Morgan fingerprint density at radius 1 is 1.00 bits per heavy atom. The van der Waals surface area contributed by atoms with Crippen LogP contribution in [0.2, 0.25) is 0 Å². The Morgan fingerprint density at radius 3 is 2.35 bits per heavy atom. The lowest BCUT2D eigenvalue weighted by molar-refractivity contribution is -0.146. The van der Waals surface area contributed by atoms with Crippen molar-refractivity contribution in [3.63, 3.8) is 0 Å². The van der Waals surface area contributed by atoms with Crippen molar-refractivity contribution in [2.75, 3.05) is 19.7 Å². The molecule has 2 aliphatic carbocycles. The summed E-state index contributed by atoms with van der Waals surface area (Å²) in [6.45, 7) is 1.07. The van der Waals surface area contributed by atoms with Crippen LogP contribution in [0, 0.1) is 11.8 Å². The van der Waals surface area contributed by atoms with Gasteiger partial charge in [0.05, 0.1) is 17.9 Å². The normalized spacial score (nSPS) is 23.3. The Balaban J connectivity index is 1.14. The molecular formula is C27H28N2O5. The van der Waals surface area contributed by atoms with Gasteiger partial charge in [0.1, 0.15) is 6.61 Å². The molecule has 0 bridgehead atoms. The van der Waals surface area contributed by atoms with Crippen molar-refractivity contribution >= 4 is 18.0 Å². The van der Waals surface area contributed by atoms with E-state index in [-0.39, 0.29) is 36.9 Å². The average Bonchev–Trinajstić information content (AvgIpc) is 3.45. The number of ether oxygens (including phenoxy) is 1. The minimum Gasteiger partial charge on any atom is -0.481 e. The van der Waals surface area contributed by atoms with Gasteiger partial charge in [-0.3, -0.25) is 9.59 Å². The second-order valence-electron chi connectivity index (χ2n) is 9.27. The van der Waals surface area contributed by atoms with Gasteiger partial charge in [-0.15, -0.1) is 0 Å². The summed E-state index contributed by atoms with van der Waals surface area (Å²) in [7, 11) is 0. The van der Waals surface area contributed by atoms with Crippen LogP contribution in [0.3, 0.4) is 0 Å². The molecule has 2 amide bonds. The Hall–Kier alpha value is -3.61. The molecule has 3 aliphatic rings. The number of fused-ring (bicyclic) bond motifs is 3. The molecule has 1 aliphatic heterocycles. The van der Waals surface area contributed by atoms with E-state index in [1.165, 1.54) is 11.1 Å². The molecule has 2 unspecified atom stereocenters. The maximum Gasteiger partial charge on any atom is 0.407 e. The highest BCUT2D eigenvalue weighted by molar-refractivity contribution is 5.83. The first-order valence-corrected chi connectivity index (χ1v) is 11.8. The van der Waals surface area contributed by atoms with Crippen molar-refractivity contribution in [2.24, 2.45) is 11.8 Å². The predicted molar refractivity (Wildman–Crippen MR) is 126 cm³/mol. The second-order valence-corrected chi connectivity index (χ2v) is 9.27. The van der Waals surface area contributed by atoms with Crippen LogP contribution in [0.15, 0.2) is 60.7 Å². The molecule has 2 aromatic rings. The number of carboxylic acid groups (broad SMARTS) is 1. The summed E-state index contributed by atoms with van der Waals surface area (Å²) >= 11 is 0. The Kier molecular flexibility index (Phi) is 6.09. The van der Waals surface area contributed by atoms with Gasteiger partial charge in [-0.1, -0.05) is 60.7 Å². The van der Waals surface area contributed by atoms with E-state index in [4.69, 9.17) is 4.74 Å². The van der Waals surface area contributed by atoms with Gasteiger partial charge in [-0.05, 0) is 41.5 Å². The first kappa shape index (κ1) is 22.2. The van der Waals surface area contributed by atoms with Crippen molar-refractivity contribution in [2.45, 2.75) is 31.2 Å². The third-order valence-electron chi connectivity index (χ3n) is 7.13. The van der Waals surface area contributed by atoms with E-state index in [2.05, 4.69) is 29.6 Å². The highest BCUT2D eigenvalue weighted by Crippen LogP contribution is 2.44. The van der Waals surface area contributed by atoms with Gasteiger partial charge in [-0.2, -0.15) is 0 Å².